The number of nitrogens with one attached hydrogen (secondary N) is 1. The molecule has 1 aromatic carbocycles. The van der Waals surface area contributed by atoms with Gasteiger partial charge in [0.15, 0.2) is 0 Å². The van der Waals surface area contributed by atoms with Crippen LogP contribution in [-0.4, -0.2) is 10.7 Å². The van der Waals surface area contributed by atoms with Crippen molar-refractivity contribution in [3.63, 3.8) is 0 Å². The Morgan fingerprint density at radius 2 is 2.16 bits per heavy atom. The first-order valence-electron chi connectivity index (χ1n) is 6.38. The monoisotopic (exact) mass is 334 g/mol. The maximum Gasteiger partial charge on any atom is 0.130 e. The fourth-order valence-electron chi connectivity index (χ4n) is 2.20. The molecule has 1 aliphatic rings. The number of rotatable bonds is 2. The van der Waals surface area contributed by atoms with Gasteiger partial charge in [-0.2, -0.15) is 0 Å². The number of halogens is 1. The fraction of sp³-hybridized carbons (Fsp3) is 0.267. The molecule has 0 saturated heterocycles. The number of hydrogen-bond donors (Lipinski definition) is 1. The number of nitrogens with zero attached hydrogens (tertiary/aromatic N) is 1. The number of benzene rings is 1. The summed E-state index contributed by atoms with van der Waals surface area (Å²) in [7, 11) is 0. The molecule has 98 valence electrons. The zero-order valence-corrected chi connectivity index (χ0v) is 13.1. The highest BCUT2D eigenvalue weighted by Gasteiger charge is 2.10. The van der Waals surface area contributed by atoms with E-state index in [9.17, 15) is 0 Å². The molecule has 0 radical (unpaired) electrons. The molecule has 3 rings (SSSR count). The van der Waals surface area contributed by atoms with Crippen molar-refractivity contribution in [2.45, 2.75) is 24.7 Å². The minimum atomic E-state index is 0.893. The Morgan fingerprint density at radius 3 is 3.00 bits per heavy atom. The van der Waals surface area contributed by atoms with Crippen LogP contribution in [0.4, 0.5) is 11.5 Å². The standard InChI is InChI=1S/C15H15BrN2S/c1-10-13(16)5-7-15(17-10)18-12-4-6-14-11(9-12)3-2-8-19-14/h4-7,9H,2-3,8H2,1H3,(H,17,18). The Bertz CT molecular complexity index is 613. The molecule has 4 heteroatoms. The van der Waals surface area contributed by atoms with E-state index >= 15 is 0 Å². The van der Waals surface area contributed by atoms with Crippen molar-refractivity contribution < 1.29 is 0 Å². The van der Waals surface area contributed by atoms with Crippen LogP contribution in [0.3, 0.4) is 0 Å². The number of aromatic nitrogens is 1. The molecule has 0 unspecified atom stereocenters. The van der Waals surface area contributed by atoms with Crippen LogP contribution >= 0.6 is 27.7 Å². The van der Waals surface area contributed by atoms with Gasteiger partial charge in [0.05, 0.1) is 5.69 Å². The maximum absolute atomic E-state index is 4.52. The van der Waals surface area contributed by atoms with E-state index in [0.29, 0.717) is 0 Å². The number of aryl methyl sites for hydroxylation is 2. The predicted molar refractivity (Wildman–Crippen MR) is 85.4 cm³/mol. The average molecular weight is 335 g/mol. The summed E-state index contributed by atoms with van der Waals surface area (Å²) < 4.78 is 1.04. The number of fused-ring (bicyclic) bond motifs is 1. The molecule has 0 atom stereocenters. The lowest BCUT2D eigenvalue weighted by Crippen LogP contribution is -2.00. The zero-order chi connectivity index (χ0) is 13.2. The Kier molecular flexibility index (Phi) is 3.80. The largest absolute Gasteiger partial charge is 0.340 e. The van der Waals surface area contributed by atoms with Gasteiger partial charge in [-0.25, -0.2) is 4.98 Å². The smallest absolute Gasteiger partial charge is 0.130 e. The number of anilines is 2. The molecule has 0 amide bonds. The van der Waals surface area contributed by atoms with Crippen molar-refractivity contribution in [3.05, 3.63) is 46.1 Å². The van der Waals surface area contributed by atoms with E-state index in [1.165, 1.54) is 29.1 Å². The van der Waals surface area contributed by atoms with Gasteiger partial charge in [-0.05, 0) is 77.3 Å². The first kappa shape index (κ1) is 13.0. The van der Waals surface area contributed by atoms with Crippen LogP contribution in [-0.2, 0) is 6.42 Å². The molecule has 0 aliphatic carbocycles. The predicted octanol–water partition coefficient (Wildman–Crippen LogP) is 4.93. The molecule has 2 nitrogen and oxygen atoms in total. The van der Waals surface area contributed by atoms with E-state index in [1.54, 1.807) is 0 Å². The van der Waals surface area contributed by atoms with Crippen molar-refractivity contribution in [2.75, 3.05) is 11.1 Å². The molecule has 19 heavy (non-hydrogen) atoms. The fourth-order valence-corrected chi connectivity index (χ4v) is 3.44. The summed E-state index contributed by atoms with van der Waals surface area (Å²) in [6, 6.07) is 10.6. The highest BCUT2D eigenvalue weighted by Crippen LogP contribution is 2.32. The van der Waals surface area contributed by atoms with Crippen molar-refractivity contribution in [3.8, 4) is 0 Å². The second kappa shape index (κ2) is 5.55. The molecular formula is C15H15BrN2S. The quantitative estimate of drug-likeness (QED) is 0.842. The van der Waals surface area contributed by atoms with Crippen LogP contribution in [0.5, 0.6) is 0 Å². The Hall–Kier alpha value is -1.000. The summed E-state index contributed by atoms with van der Waals surface area (Å²) in [6.07, 6.45) is 2.46. The summed E-state index contributed by atoms with van der Waals surface area (Å²) in [5.41, 5.74) is 3.57. The van der Waals surface area contributed by atoms with Crippen molar-refractivity contribution in [1.29, 1.82) is 0 Å². The molecule has 1 aliphatic heterocycles. The Balaban J connectivity index is 1.84. The average Bonchev–Trinajstić information content (AvgIpc) is 2.43. The van der Waals surface area contributed by atoms with Crippen LogP contribution < -0.4 is 5.32 Å². The highest BCUT2D eigenvalue weighted by molar-refractivity contribution is 9.10. The van der Waals surface area contributed by atoms with Crippen molar-refractivity contribution >= 4 is 39.2 Å². The minimum Gasteiger partial charge on any atom is -0.340 e. The van der Waals surface area contributed by atoms with Gasteiger partial charge < -0.3 is 5.32 Å². The Morgan fingerprint density at radius 1 is 1.26 bits per heavy atom. The van der Waals surface area contributed by atoms with E-state index in [-0.39, 0.29) is 0 Å². The van der Waals surface area contributed by atoms with Crippen LogP contribution in [0.15, 0.2) is 39.7 Å². The minimum absolute atomic E-state index is 0.893. The number of thioether (sulfide) groups is 1. The zero-order valence-electron chi connectivity index (χ0n) is 10.7. The van der Waals surface area contributed by atoms with Gasteiger partial charge in [0.1, 0.15) is 5.82 Å². The molecule has 0 saturated carbocycles. The third-order valence-electron chi connectivity index (χ3n) is 3.20. The molecule has 0 spiro atoms. The molecule has 0 bridgehead atoms. The number of pyridine rings is 1. The van der Waals surface area contributed by atoms with E-state index in [4.69, 9.17) is 0 Å². The third-order valence-corrected chi connectivity index (χ3v) is 5.24. The van der Waals surface area contributed by atoms with Gasteiger partial charge >= 0.3 is 0 Å². The van der Waals surface area contributed by atoms with Crippen molar-refractivity contribution in [1.82, 2.24) is 4.98 Å². The van der Waals surface area contributed by atoms with E-state index in [2.05, 4.69) is 44.4 Å². The maximum atomic E-state index is 4.52. The molecule has 2 aromatic rings. The molecule has 1 aromatic heterocycles. The second-order valence-electron chi connectivity index (χ2n) is 4.66. The Labute approximate surface area is 126 Å². The summed E-state index contributed by atoms with van der Waals surface area (Å²) in [5.74, 6) is 2.14. The molecule has 0 fully saturated rings. The van der Waals surface area contributed by atoms with Gasteiger partial charge in [-0.15, -0.1) is 11.8 Å². The van der Waals surface area contributed by atoms with Crippen LogP contribution in [0, 0.1) is 6.92 Å². The molecular weight excluding hydrogens is 320 g/mol. The molecule has 1 N–H and O–H groups in total. The lowest BCUT2D eigenvalue weighted by Gasteiger charge is -2.16. The summed E-state index contributed by atoms with van der Waals surface area (Å²) in [4.78, 5) is 5.94. The van der Waals surface area contributed by atoms with Gasteiger partial charge in [0.2, 0.25) is 0 Å². The topological polar surface area (TPSA) is 24.9 Å². The second-order valence-corrected chi connectivity index (χ2v) is 6.65. The van der Waals surface area contributed by atoms with Crippen LogP contribution in [0.25, 0.3) is 0 Å². The van der Waals surface area contributed by atoms with E-state index in [0.717, 1.165) is 21.7 Å². The number of hydrogen-bond acceptors (Lipinski definition) is 3. The lowest BCUT2D eigenvalue weighted by atomic mass is 10.1. The first-order valence-corrected chi connectivity index (χ1v) is 8.16. The van der Waals surface area contributed by atoms with Crippen LogP contribution in [0.2, 0.25) is 0 Å². The summed E-state index contributed by atoms with van der Waals surface area (Å²) >= 11 is 5.43. The normalized spacial score (nSPS) is 14.0. The van der Waals surface area contributed by atoms with Gasteiger partial charge in [-0.1, -0.05) is 0 Å². The van der Waals surface area contributed by atoms with Gasteiger partial charge in [0, 0.05) is 15.1 Å². The van der Waals surface area contributed by atoms with Gasteiger partial charge in [0.25, 0.3) is 0 Å². The SMILES string of the molecule is Cc1nc(Nc2ccc3c(c2)CCCS3)ccc1Br. The summed E-state index contributed by atoms with van der Waals surface area (Å²) in [5, 5.41) is 3.38. The summed E-state index contributed by atoms with van der Waals surface area (Å²) in [6.45, 7) is 2.00. The molecule has 2 heterocycles. The lowest BCUT2D eigenvalue weighted by molar-refractivity contribution is 0.890. The third kappa shape index (κ3) is 2.95. The first-order chi connectivity index (χ1) is 9.22. The van der Waals surface area contributed by atoms with Gasteiger partial charge in [-0.3, -0.25) is 0 Å². The highest BCUT2D eigenvalue weighted by atomic mass is 79.9. The van der Waals surface area contributed by atoms with Crippen molar-refractivity contribution in [2.24, 2.45) is 0 Å². The van der Waals surface area contributed by atoms with E-state index < -0.39 is 0 Å². The van der Waals surface area contributed by atoms with E-state index in [1.807, 2.05) is 30.8 Å². The van der Waals surface area contributed by atoms with Crippen LogP contribution in [0.1, 0.15) is 17.7 Å².